The van der Waals surface area contributed by atoms with E-state index in [0.717, 1.165) is 38.5 Å². The monoisotopic (exact) mass is 673 g/mol. The van der Waals surface area contributed by atoms with E-state index in [4.69, 9.17) is 35.3 Å². The van der Waals surface area contributed by atoms with E-state index in [1.807, 2.05) is 13.7 Å². The lowest BCUT2D eigenvalue weighted by Gasteiger charge is -2.17. The minimum Gasteiger partial charge on any atom is -0.480 e. The highest BCUT2D eigenvalue weighted by Gasteiger charge is 2.32. The molecular weight excluding hydrogens is 614 g/mol. The SMILES string of the molecule is C#CCOCCOCCOCCOCCNC(=O)CC1CCC(C(=O)NC(CCCC)C(=O)O)C1.C=O.CCCCC(NC)C(=O)O. The van der Waals surface area contributed by atoms with E-state index in [1.165, 1.54) is 0 Å². The largest absolute Gasteiger partial charge is 0.480 e. The fourth-order valence-electron chi connectivity index (χ4n) is 4.64. The number of amides is 2. The molecule has 4 atom stereocenters. The molecule has 14 heteroatoms. The Labute approximate surface area is 280 Å². The Balaban J connectivity index is 0. The molecule has 1 fully saturated rings. The lowest BCUT2D eigenvalue weighted by Crippen LogP contribution is -2.43. The van der Waals surface area contributed by atoms with E-state index in [0.29, 0.717) is 78.5 Å². The van der Waals surface area contributed by atoms with E-state index in [-0.39, 0.29) is 36.3 Å². The van der Waals surface area contributed by atoms with Crippen LogP contribution in [0.4, 0.5) is 0 Å². The molecule has 1 rings (SSSR count). The van der Waals surface area contributed by atoms with Gasteiger partial charge in [-0.3, -0.25) is 14.4 Å². The number of carbonyl (C=O) groups is 5. The minimum atomic E-state index is -0.998. The number of hydrogen-bond acceptors (Lipinski definition) is 10. The average molecular weight is 674 g/mol. The summed E-state index contributed by atoms with van der Waals surface area (Å²) in [7, 11) is 1.68. The second kappa shape index (κ2) is 32.8. The Morgan fingerprint density at radius 2 is 1.34 bits per heavy atom. The number of unbranched alkanes of at least 4 members (excludes halogenated alkanes) is 2. The fourth-order valence-corrected chi connectivity index (χ4v) is 4.64. The van der Waals surface area contributed by atoms with Gasteiger partial charge in [0.1, 0.15) is 25.5 Å². The predicted molar refractivity (Wildman–Crippen MR) is 177 cm³/mol. The third kappa shape index (κ3) is 26.7. The molecule has 5 N–H and O–H groups in total. The lowest BCUT2D eigenvalue weighted by molar-refractivity contribution is -0.142. The molecule has 0 aliphatic heterocycles. The van der Waals surface area contributed by atoms with Crippen molar-refractivity contribution < 1.29 is 53.1 Å². The summed E-state index contributed by atoms with van der Waals surface area (Å²) < 4.78 is 21.2. The highest BCUT2D eigenvalue weighted by Crippen LogP contribution is 2.33. The van der Waals surface area contributed by atoms with Crippen LogP contribution in [0.5, 0.6) is 0 Å². The van der Waals surface area contributed by atoms with Crippen LogP contribution < -0.4 is 16.0 Å². The second-order valence-corrected chi connectivity index (χ2v) is 10.9. The molecule has 1 aliphatic rings. The van der Waals surface area contributed by atoms with Crippen LogP contribution in [0, 0.1) is 24.2 Å². The third-order valence-corrected chi connectivity index (χ3v) is 7.21. The van der Waals surface area contributed by atoms with Gasteiger partial charge in [-0.25, -0.2) is 4.79 Å². The van der Waals surface area contributed by atoms with Crippen molar-refractivity contribution in [3.63, 3.8) is 0 Å². The summed E-state index contributed by atoms with van der Waals surface area (Å²) in [5, 5.41) is 26.1. The number of nitrogens with one attached hydrogen (secondary N) is 3. The molecule has 4 unspecified atom stereocenters. The van der Waals surface area contributed by atoms with Crippen LogP contribution in [-0.4, -0.2) is 119 Å². The molecule has 14 nitrogen and oxygen atoms in total. The molecule has 272 valence electrons. The molecule has 2 amide bonds. The van der Waals surface area contributed by atoms with E-state index in [1.54, 1.807) is 7.05 Å². The Morgan fingerprint density at radius 1 is 0.830 bits per heavy atom. The molecule has 1 aliphatic carbocycles. The molecule has 0 aromatic rings. The zero-order valence-electron chi connectivity index (χ0n) is 28.6. The van der Waals surface area contributed by atoms with Crippen LogP contribution in [0.2, 0.25) is 0 Å². The van der Waals surface area contributed by atoms with Gasteiger partial charge in [-0.1, -0.05) is 45.5 Å². The fraction of sp³-hybridized carbons (Fsp3) is 0.788. The van der Waals surface area contributed by atoms with Gasteiger partial charge in [0.05, 0.1) is 46.2 Å². The number of likely N-dealkylation sites (N-methyl/N-ethyl adjacent to an activating group) is 1. The zero-order valence-corrected chi connectivity index (χ0v) is 28.6. The summed E-state index contributed by atoms with van der Waals surface area (Å²) in [6.45, 7) is 9.85. The van der Waals surface area contributed by atoms with E-state index < -0.39 is 18.0 Å². The number of hydrogen-bond donors (Lipinski definition) is 5. The van der Waals surface area contributed by atoms with Crippen molar-refractivity contribution in [2.45, 2.75) is 90.1 Å². The lowest BCUT2D eigenvalue weighted by atomic mass is 10.00. The Kier molecular flexibility index (Phi) is 32.2. The topological polar surface area (TPSA) is 199 Å². The number of rotatable bonds is 26. The average Bonchev–Trinajstić information content (AvgIpc) is 3.53. The molecule has 0 aromatic heterocycles. The smallest absolute Gasteiger partial charge is 0.326 e. The summed E-state index contributed by atoms with van der Waals surface area (Å²) >= 11 is 0. The first-order valence-electron chi connectivity index (χ1n) is 16.4. The number of ether oxygens (including phenoxy) is 4. The summed E-state index contributed by atoms with van der Waals surface area (Å²) in [5.74, 6) is 0.248. The van der Waals surface area contributed by atoms with Gasteiger partial charge in [0, 0.05) is 18.9 Å². The van der Waals surface area contributed by atoms with Crippen LogP contribution in [0.25, 0.3) is 0 Å². The first kappa shape index (κ1) is 46.0. The van der Waals surface area contributed by atoms with E-state index in [2.05, 4.69) is 28.8 Å². The highest BCUT2D eigenvalue weighted by molar-refractivity contribution is 5.85. The van der Waals surface area contributed by atoms with Crippen LogP contribution in [-0.2, 0) is 42.9 Å². The maximum atomic E-state index is 12.5. The van der Waals surface area contributed by atoms with E-state index in [9.17, 15) is 24.3 Å². The Hall–Kier alpha value is -3.09. The molecule has 0 heterocycles. The van der Waals surface area contributed by atoms with Crippen LogP contribution in [0.15, 0.2) is 0 Å². The Morgan fingerprint density at radius 3 is 1.83 bits per heavy atom. The van der Waals surface area contributed by atoms with Crippen LogP contribution in [0.3, 0.4) is 0 Å². The van der Waals surface area contributed by atoms with Gasteiger partial charge in [-0.15, -0.1) is 6.42 Å². The first-order valence-corrected chi connectivity index (χ1v) is 16.4. The number of terminal acetylenes is 1. The Bertz CT molecular complexity index is 869. The van der Waals surface area contributed by atoms with Crippen molar-refractivity contribution in [1.82, 2.24) is 16.0 Å². The molecular formula is C33H59N3O11. The van der Waals surface area contributed by atoms with Gasteiger partial charge in [-0.05, 0) is 45.1 Å². The molecule has 0 spiro atoms. The van der Waals surface area contributed by atoms with Gasteiger partial charge in [0.25, 0.3) is 0 Å². The molecule has 0 saturated heterocycles. The summed E-state index contributed by atoms with van der Waals surface area (Å²) in [6.07, 6.45) is 12.3. The van der Waals surface area contributed by atoms with Crippen molar-refractivity contribution in [2.75, 3.05) is 66.4 Å². The molecule has 0 bridgehead atoms. The quantitative estimate of drug-likeness (QED) is 0.0663. The van der Waals surface area contributed by atoms with Gasteiger partial charge in [0.15, 0.2) is 0 Å². The van der Waals surface area contributed by atoms with Crippen molar-refractivity contribution in [2.24, 2.45) is 11.8 Å². The van der Waals surface area contributed by atoms with Crippen molar-refractivity contribution >= 4 is 30.5 Å². The zero-order chi connectivity index (χ0) is 35.7. The standard InChI is InChI=1S/C25H42N2O8.C7H15NO2.CH2O/c1-3-5-6-22(25(30)31)27-24(29)21-8-7-20(18-21)19-23(28)26-9-11-33-13-15-35-17-16-34-14-12-32-10-4-2;1-3-4-5-6(8-2)7(9)10;1-2/h2,20-22H,3,5-19H2,1H3,(H,26,28)(H,27,29)(H,30,31);6,8H,3-5H2,1-2H3,(H,9,10);1H2. The van der Waals surface area contributed by atoms with Gasteiger partial charge in [-0.2, -0.15) is 0 Å². The van der Waals surface area contributed by atoms with Crippen molar-refractivity contribution in [1.29, 1.82) is 0 Å². The number of carboxylic acid groups (broad SMARTS) is 2. The summed E-state index contributed by atoms with van der Waals surface area (Å²) in [4.78, 5) is 54.3. The van der Waals surface area contributed by atoms with Gasteiger partial charge >= 0.3 is 11.9 Å². The van der Waals surface area contributed by atoms with E-state index >= 15 is 0 Å². The van der Waals surface area contributed by atoms with Crippen LogP contribution >= 0.6 is 0 Å². The molecule has 0 radical (unpaired) electrons. The predicted octanol–water partition coefficient (Wildman–Crippen LogP) is 2.03. The molecule has 47 heavy (non-hydrogen) atoms. The van der Waals surface area contributed by atoms with Gasteiger partial charge in [0.2, 0.25) is 11.8 Å². The molecule has 0 aromatic carbocycles. The third-order valence-electron chi connectivity index (χ3n) is 7.21. The highest BCUT2D eigenvalue weighted by atomic mass is 16.6. The molecule has 1 saturated carbocycles. The van der Waals surface area contributed by atoms with Gasteiger partial charge < -0.3 is 49.9 Å². The summed E-state index contributed by atoms with van der Waals surface area (Å²) in [5.41, 5.74) is 0. The maximum absolute atomic E-state index is 12.5. The summed E-state index contributed by atoms with van der Waals surface area (Å²) in [6, 6.07) is -1.20. The van der Waals surface area contributed by atoms with Crippen molar-refractivity contribution in [3.8, 4) is 12.3 Å². The first-order chi connectivity index (χ1) is 22.7. The normalized spacial score (nSPS) is 16.3. The van der Waals surface area contributed by atoms with Crippen molar-refractivity contribution in [3.05, 3.63) is 0 Å². The number of aliphatic carboxylic acids is 2. The second-order valence-electron chi connectivity index (χ2n) is 10.9. The minimum absolute atomic E-state index is 0.0642. The number of carbonyl (C=O) groups excluding carboxylic acids is 3. The van der Waals surface area contributed by atoms with Crippen LogP contribution in [0.1, 0.15) is 78.1 Å². The maximum Gasteiger partial charge on any atom is 0.326 e. The number of carboxylic acids is 2.